The summed E-state index contributed by atoms with van der Waals surface area (Å²) in [4.78, 5) is 0. The molecule has 1 nitrogen and oxygen atoms in total. The molecule has 0 atom stereocenters. The summed E-state index contributed by atoms with van der Waals surface area (Å²) >= 11 is 0. The van der Waals surface area contributed by atoms with Crippen LogP contribution < -0.4 is 51.4 Å². The summed E-state index contributed by atoms with van der Waals surface area (Å²) in [5.41, 5.74) is 0. The molecule has 0 amide bonds. The standard InChI is InChI=1S/C6H6NSi2.K/c1-8(2,3)7-9(4,5)6;/h1-6H;/q-1;+1. The molecule has 0 aromatic rings. The van der Waals surface area contributed by atoms with Crippen LogP contribution >= 0.6 is 0 Å². The van der Waals surface area contributed by atoms with Gasteiger partial charge in [-0.05, 0) is 16.5 Å². The maximum Gasteiger partial charge on any atom is 1.00 e. The van der Waals surface area contributed by atoms with Gasteiger partial charge in [0.05, 0.1) is 0 Å². The van der Waals surface area contributed by atoms with Gasteiger partial charge in [0, 0.05) is 0 Å². The second kappa shape index (κ2) is 4.91. The Labute approximate surface area is 110 Å². The van der Waals surface area contributed by atoms with E-state index in [0.29, 0.717) is 0 Å². The molecule has 0 aromatic carbocycles. The van der Waals surface area contributed by atoms with E-state index in [0.717, 1.165) is 0 Å². The van der Waals surface area contributed by atoms with Crippen LogP contribution in [0.5, 0.6) is 0 Å². The summed E-state index contributed by atoms with van der Waals surface area (Å²) < 4.78 is 3.49. The molecule has 0 aliphatic carbocycles. The van der Waals surface area contributed by atoms with E-state index in [9.17, 15) is 0 Å². The average Bonchev–Trinajstić information content (AvgIpc) is 1.14. The Hall–Kier alpha value is 2.03. The fraction of sp³-hybridized carbons (Fsp3) is 0. The summed E-state index contributed by atoms with van der Waals surface area (Å²) in [6.07, 6.45) is 0. The van der Waals surface area contributed by atoms with Gasteiger partial charge in [-0.25, -0.2) is 0 Å². The van der Waals surface area contributed by atoms with Crippen LogP contribution in [0, 0.1) is 39.3 Å². The molecule has 0 unspecified atom stereocenters. The minimum atomic E-state index is -2.98. The summed E-state index contributed by atoms with van der Waals surface area (Å²) in [6, 6.07) is 0. The van der Waals surface area contributed by atoms with Gasteiger partial charge in [-0.2, -0.15) is 0 Å². The van der Waals surface area contributed by atoms with Crippen molar-refractivity contribution in [1.82, 2.24) is 0 Å². The van der Waals surface area contributed by atoms with E-state index in [1.54, 1.807) is 0 Å². The van der Waals surface area contributed by atoms with Gasteiger partial charge in [0.2, 0.25) is 0 Å². The van der Waals surface area contributed by atoms with Gasteiger partial charge < -0.3 is 4.65 Å². The quantitative estimate of drug-likeness (QED) is 0.434. The minimum Gasteiger partial charge on any atom is -0.665 e. The first-order valence-corrected chi connectivity index (χ1v) is 6.54. The molecular formula is C6H6KNSi2. The summed E-state index contributed by atoms with van der Waals surface area (Å²) in [5, 5.41) is 0. The van der Waals surface area contributed by atoms with Crippen LogP contribution in [0.4, 0.5) is 0 Å². The first-order valence-electron chi connectivity index (χ1n) is 2.18. The zero-order chi connectivity index (χ0) is 7.71. The van der Waals surface area contributed by atoms with Crippen molar-refractivity contribution in [2.75, 3.05) is 0 Å². The Bertz CT molecular complexity index is 80.9. The molecule has 10 heavy (non-hydrogen) atoms. The van der Waals surface area contributed by atoms with Crippen LogP contribution in [0.3, 0.4) is 0 Å². The molecule has 0 rings (SSSR count). The second-order valence-electron chi connectivity index (χ2n) is 1.89. The third kappa shape index (κ3) is 12.7. The van der Waals surface area contributed by atoms with Gasteiger partial charge in [0.25, 0.3) is 0 Å². The maximum absolute atomic E-state index is 5.14. The number of hydrogen-bond acceptors (Lipinski definition) is 0. The first kappa shape index (κ1) is 14.5. The summed E-state index contributed by atoms with van der Waals surface area (Å²) in [7, 11) is -5.96. The zero-order valence-electron chi connectivity index (χ0n) is 5.91. The third-order valence-electron chi connectivity index (χ3n) is 0.387. The molecule has 0 aliphatic heterocycles. The van der Waals surface area contributed by atoms with Gasteiger partial charge in [-0.1, -0.05) is 39.3 Å². The zero-order valence-corrected chi connectivity index (χ0v) is 11.0. The molecule has 0 heterocycles. The molecule has 0 fully saturated rings. The van der Waals surface area contributed by atoms with E-state index in [4.69, 9.17) is 39.3 Å². The van der Waals surface area contributed by atoms with Gasteiger partial charge in [0.1, 0.15) is 0 Å². The fourth-order valence-electron chi connectivity index (χ4n) is 0.335. The van der Waals surface area contributed by atoms with Crippen LogP contribution in [0.2, 0.25) is 0 Å². The summed E-state index contributed by atoms with van der Waals surface area (Å²) in [5.74, 6) is 0. The average molecular weight is 187 g/mol. The molecule has 4 heteroatoms. The van der Waals surface area contributed by atoms with Crippen LogP contribution in [0.1, 0.15) is 0 Å². The largest absolute Gasteiger partial charge is 1.00 e. The van der Waals surface area contributed by atoms with E-state index in [2.05, 4.69) is 4.65 Å². The van der Waals surface area contributed by atoms with Crippen LogP contribution in [-0.4, -0.2) is 16.5 Å². The predicted octanol–water partition coefficient (Wildman–Crippen LogP) is -2.24. The monoisotopic (exact) mass is 187 g/mol. The Morgan fingerprint density at radius 2 is 0.900 bits per heavy atom. The van der Waals surface area contributed by atoms with Crippen molar-refractivity contribution < 1.29 is 51.4 Å². The normalized spacial score (nSPS) is 12.6. The van der Waals surface area contributed by atoms with E-state index >= 15 is 0 Å². The van der Waals surface area contributed by atoms with E-state index in [1.807, 2.05) is 0 Å². The van der Waals surface area contributed by atoms with Crippen molar-refractivity contribution in [3.63, 3.8) is 0 Å². The third-order valence-corrected chi connectivity index (χ3v) is 3.49. The van der Waals surface area contributed by atoms with Crippen molar-refractivity contribution in [3.05, 3.63) is 43.9 Å². The first-order chi connectivity index (χ1) is 3.71. The number of nitrogens with zero attached hydrogens (tertiary/aromatic N) is 1. The number of hydrogen-bond donors (Lipinski definition) is 0. The number of rotatable bonds is 2. The van der Waals surface area contributed by atoms with Gasteiger partial charge in [-0.3, -0.25) is 0 Å². The summed E-state index contributed by atoms with van der Waals surface area (Å²) in [6.45, 7) is 30.9. The van der Waals surface area contributed by atoms with E-state index in [1.165, 1.54) is 0 Å². The van der Waals surface area contributed by atoms with Crippen LogP contribution in [0.25, 0.3) is 4.65 Å². The Balaban J connectivity index is 0. The Morgan fingerprint density at radius 1 is 0.700 bits per heavy atom. The SMILES string of the molecule is [CH][Si]([CH])([CH])[N-][Si]([CH])([CH])[CH].[K+]. The molecule has 0 saturated heterocycles. The van der Waals surface area contributed by atoms with Crippen molar-refractivity contribution in [2.24, 2.45) is 0 Å². The Kier molecular flexibility index (Phi) is 7.15. The molecule has 12 radical (unpaired) electrons. The maximum atomic E-state index is 5.14. The predicted molar refractivity (Wildman–Crippen MR) is 40.7 cm³/mol. The minimum absolute atomic E-state index is 0. The van der Waals surface area contributed by atoms with E-state index in [-0.39, 0.29) is 51.4 Å². The molecule has 0 bridgehead atoms. The van der Waals surface area contributed by atoms with Gasteiger partial charge >= 0.3 is 51.4 Å². The second-order valence-corrected chi connectivity index (χ2v) is 6.33. The van der Waals surface area contributed by atoms with Crippen molar-refractivity contribution in [3.8, 4) is 0 Å². The van der Waals surface area contributed by atoms with Gasteiger partial charge in [0.15, 0.2) is 0 Å². The molecule has 0 aliphatic rings. The van der Waals surface area contributed by atoms with Crippen molar-refractivity contribution in [1.29, 1.82) is 0 Å². The van der Waals surface area contributed by atoms with Crippen molar-refractivity contribution >= 4 is 16.5 Å². The van der Waals surface area contributed by atoms with Crippen LogP contribution in [0.15, 0.2) is 0 Å². The smallest absolute Gasteiger partial charge is 0.665 e. The molecule has 0 saturated carbocycles. The van der Waals surface area contributed by atoms with E-state index < -0.39 is 16.5 Å². The molecule has 0 N–H and O–H groups in total. The van der Waals surface area contributed by atoms with Crippen molar-refractivity contribution in [2.45, 2.75) is 0 Å². The topological polar surface area (TPSA) is 14.1 Å². The molecular weight excluding hydrogens is 181 g/mol. The molecule has 0 aromatic heterocycles. The van der Waals surface area contributed by atoms with Gasteiger partial charge in [-0.15, -0.1) is 0 Å². The fourth-order valence-corrected chi connectivity index (χ4v) is 3.02. The Morgan fingerprint density at radius 3 is 0.900 bits per heavy atom. The molecule has 44 valence electrons. The molecule has 0 spiro atoms. The van der Waals surface area contributed by atoms with Crippen LogP contribution in [-0.2, 0) is 0 Å².